The van der Waals surface area contributed by atoms with Gasteiger partial charge in [0.1, 0.15) is 0 Å². The minimum Gasteiger partial charge on any atom is -0.381 e. The van der Waals surface area contributed by atoms with E-state index in [1.165, 1.54) is 23.1 Å². The SMILES string of the molecule is C/C=C(NCc1cc(P)c2nccnc2c1)\C(C)=C/C=C(C)C.CCC. The maximum Gasteiger partial charge on any atom is 0.0958 e. The summed E-state index contributed by atoms with van der Waals surface area (Å²) in [5.41, 5.74) is 6.72. The second-order valence-corrected chi connectivity index (χ2v) is 7.09. The van der Waals surface area contributed by atoms with E-state index in [4.69, 9.17) is 0 Å². The lowest BCUT2D eigenvalue weighted by Crippen LogP contribution is -2.15. The molecule has 2 rings (SSSR count). The van der Waals surface area contributed by atoms with Crippen molar-refractivity contribution in [1.82, 2.24) is 15.3 Å². The van der Waals surface area contributed by atoms with Crippen molar-refractivity contribution in [2.75, 3.05) is 0 Å². The first kappa shape index (κ1) is 22.1. The van der Waals surface area contributed by atoms with E-state index in [1.54, 1.807) is 12.4 Å². The Labute approximate surface area is 160 Å². The van der Waals surface area contributed by atoms with Crippen molar-refractivity contribution in [1.29, 1.82) is 0 Å². The van der Waals surface area contributed by atoms with Crippen molar-refractivity contribution in [3.63, 3.8) is 0 Å². The number of nitrogens with one attached hydrogen (secondary N) is 1. The topological polar surface area (TPSA) is 37.8 Å². The summed E-state index contributed by atoms with van der Waals surface area (Å²) in [5, 5.41) is 4.58. The van der Waals surface area contributed by atoms with E-state index in [-0.39, 0.29) is 0 Å². The number of hydrogen-bond donors (Lipinski definition) is 1. The molecule has 1 aromatic heterocycles. The largest absolute Gasteiger partial charge is 0.381 e. The molecule has 0 saturated carbocycles. The molecule has 0 aliphatic carbocycles. The van der Waals surface area contributed by atoms with Crippen LogP contribution in [0.3, 0.4) is 0 Å². The number of rotatable bonds is 5. The van der Waals surface area contributed by atoms with E-state index < -0.39 is 0 Å². The Bertz CT molecular complexity index is 800. The molecule has 1 heterocycles. The molecule has 26 heavy (non-hydrogen) atoms. The minimum absolute atomic E-state index is 0.758. The van der Waals surface area contributed by atoms with Gasteiger partial charge in [0.05, 0.1) is 11.0 Å². The van der Waals surface area contributed by atoms with Crippen LogP contribution in [0.25, 0.3) is 11.0 Å². The van der Waals surface area contributed by atoms with Crippen molar-refractivity contribution in [2.24, 2.45) is 0 Å². The molecule has 0 aliphatic heterocycles. The summed E-state index contributed by atoms with van der Waals surface area (Å²) < 4.78 is 0. The van der Waals surface area contributed by atoms with Crippen molar-refractivity contribution < 1.29 is 0 Å². The average Bonchev–Trinajstić information content (AvgIpc) is 2.61. The van der Waals surface area contributed by atoms with Gasteiger partial charge >= 0.3 is 0 Å². The quantitative estimate of drug-likeness (QED) is 0.562. The van der Waals surface area contributed by atoms with E-state index in [9.17, 15) is 0 Å². The van der Waals surface area contributed by atoms with E-state index in [2.05, 4.69) is 96.4 Å². The lowest BCUT2D eigenvalue weighted by Gasteiger charge is -2.12. The molecule has 0 fully saturated rings. The Morgan fingerprint density at radius 3 is 2.35 bits per heavy atom. The average molecular weight is 369 g/mol. The molecular formula is C22H32N3P. The number of aromatic nitrogens is 2. The fourth-order valence-electron chi connectivity index (χ4n) is 2.31. The van der Waals surface area contributed by atoms with Crippen LogP contribution in [0.4, 0.5) is 0 Å². The second-order valence-electron chi connectivity index (χ2n) is 6.47. The standard InChI is InChI=1S/C19H24N3P.C3H8/c1-5-16(14(4)7-6-13(2)3)22-12-15-10-17-19(18(23)11-15)21-9-8-20-17;1-3-2/h5-11,22H,12,23H2,1-4H3;3H2,1-2H3/b14-7-,16-5+;. The van der Waals surface area contributed by atoms with Gasteiger partial charge in [-0.15, -0.1) is 9.24 Å². The Balaban J connectivity index is 0.00000105. The van der Waals surface area contributed by atoms with E-state index in [1.807, 2.05) is 0 Å². The lowest BCUT2D eigenvalue weighted by atomic mass is 10.1. The van der Waals surface area contributed by atoms with Crippen LogP contribution in [0, 0.1) is 0 Å². The predicted octanol–water partition coefficient (Wildman–Crippen LogP) is 5.45. The summed E-state index contributed by atoms with van der Waals surface area (Å²) in [4.78, 5) is 8.77. The van der Waals surface area contributed by atoms with Gasteiger partial charge in [-0.25, -0.2) is 0 Å². The zero-order chi connectivity index (χ0) is 19.5. The van der Waals surface area contributed by atoms with Crippen LogP contribution in [0.1, 0.15) is 53.5 Å². The van der Waals surface area contributed by atoms with Gasteiger partial charge in [0, 0.05) is 24.6 Å². The normalized spacial score (nSPS) is 11.7. The molecule has 140 valence electrons. The van der Waals surface area contributed by atoms with E-state index >= 15 is 0 Å². The third-order valence-electron chi connectivity index (χ3n) is 3.53. The summed E-state index contributed by atoms with van der Waals surface area (Å²) in [5.74, 6) is 0. The summed E-state index contributed by atoms with van der Waals surface area (Å²) in [6.07, 6.45) is 11.1. The molecule has 0 spiro atoms. The van der Waals surface area contributed by atoms with E-state index in [0.717, 1.165) is 28.6 Å². The molecule has 1 atom stereocenters. The van der Waals surface area contributed by atoms with Crippen LogP contribution in [-0.4, -0.2) is 9.97 Å². The minimum atomic E-state index is 0.758. The molecule has 2 aromatic rings. The molecule has 0 bridgehead atoms. The fourth-order valence-corrected chi connectivity index (χ4v) is 2.75. The van der Waals surface area contributed by atoms with Crippen molar-refractivity contribution in [3.05, 3.63) is 65.2 Å². The number of allylic oxidation sites excluding steroid dienone is 5. The number of benzene rings is 1. The first-order chi connectivity index (χ1) is 12.4. The highest BCUT2D eigenvalue weighted by Gasteiger charge is 2.04. The zero-order valence-corrected chi connectivity index (χ0v) is 18.1. The summed E-state index contributed by atoms with van der Waals surface area (Å²) in [7, 11) is 2.75. The van der Waals surface area contributed by atoms with Crippen molar-refractivity contribution in [2.45, 2.75) is 54.5 Å². The molecule has 0 radical (unpaired) electrons. The highest BCUT2D eigenvalue weighted by molar-refractivity contribution is 7.28. The van der Waals surface area contributed by atoms with Crippen LogP contribution in [0.5, 0.6) is 0 Å². The predicted molar refractivity (Wildman–Crippen MR) is 119 cm³/mol. The lowest BCUT2D eigenvalue weighted by molar-refractivity contribution is 0.818. The summed E-state index contributed by atoms with van der Waals surface area (Å²) in [6.45, 7) is 13.4. The van der Waals surface area contributed by atoms with Gasteiger partial charge < -0.3 is 5.32 Å². The second kappa shape index (κ2) is 11.6. The van der Waals surface area contributed by atoms with Crippen LogP contribution in [0.2, 0.25) is 0 Å². The molecule has 3 nitrogen and oxygen atoms in total. The molecule has 1 N–H and O–H groups in total. The smallest absolute Gasteiger partial charge is 0.0958 e. The van der Waals surface area contributed by atoms with Gasteiger partial charge in [-0.2, -0.15) is 0 Å². The summed E-state index contributed by atoms with van der Waals surface area (Å²) >= 11 is 0. The highest BCUT2D eigenvalue weighted by Crippen LogP contribution is 2.13. The fraction of sp³-hybridized carbons (Fsp3) is 0.364. The Morgan fingerprint density at radius 2 is 1.73 bits per heavy atom. The molecular weight excluding hydrogens is 337 g/mol. The van der Waals surface area contributed by atoms with Gasteiger partial charge in [-0.1, -0.05) is 44.1 Å². The van der Waals surface area contributed by atoms with Crippen molar-refractivity contribution >= 4 is 25.6 Å². The molecule has 0 aliphatic rings. The molecule has 1 unspecified atom stereocenters. The van der Waals surface area contributed by atoms with Crippen LogP contribution < -0.4 is 10.6 Å². The summed E-state index contributed by atoms with van der Waals surface area (Å²) in [6, 6.07) is 4.22. The van der Waals surface area contributed by atoms with Crippen molar-refractivity contribution in [3.8, 4) is 0 Å². The maximum atomic E-state index is 4.40. The van der Waals surface area contributed by atoms with Gasteiger partial charge in [0.25, 0.3) is 0 Å². The Kier molecular flexibility index (Phi) is 9.83. The number of nitrogens with zero attached hydrogens (tertiary/aromatic N) is 2. The first-order valence-corrected chi connectivity index (χ1v) is 9.72. The van der Waals surface area contributed by atoms with Gasteiger partial charge in [-0.3, -0.25) is 9.97 Å². The van der Waals surface area contributed by atoms with Crippen LogP contribution in [-0.2, 0) is 6.54 Å². The highest BCUT2D eigenvalue weighted by atomic mass is 31.0. The zero-order valence-electron chi connectivity index (χ0n) is 16.9. The first-order valence-electron chi connectivity index (χ1n) is 9.14. The van der Waals surface area contributed by atoms with Gasteiger partial charge in [0.15, 0.2) is 0 Å². The number of hydrogen-bond acceptors (Lipinski definition) is 3. The molecule has 0 saturated heterocycles. The van der Waals surface area contributed by atoms with Crippen LogP contribution >= 0.6 is 9.24 Å². The van der Waals surface area contributed by atoms with Gasteiger partial charge in [0.2, 0.25) is 0 Å². The Hall–Kier alpha value is -1.99. The maximum absolute atomic E-state index is 4.40. The monoisotopic (exact) mass is 369 g/mol. The molecule has 4 heteroatoms. The van der Waals surface area contributed by atoms with E-state index in [0.29, 0.717) is 0 Å². The molecule has 0 amide bonds. The third-order valence-corrected chi connectivity index (χ3v) is 3.97. The number of fused-ring (bicyclic) bond motifs is 1. The molecule has 1 aromatic carbocycles. The van der Waals surface area contributed by atoms with Gasteiger partial charge in [-0.05, 0) is 56.3 Å². The Morgan fingerprint density at radius 1 is 1.08 bits per heavy atom. The third kappa shape index (κ3) is 7.09. The van der Waals surface area contributed by atoms with Crippen LogP contribution in [0.15, 0.2) is 59.6 Å².